The van der Waals surface area contributed by atoms with Crippen LogP contribution in [0.15, 0.2) is 48.5 Å². The fourth-order valence-electron chi connectivity index (χ4n) is 1.81. The molecular formula is C17H15FN2O4. The number of benzene rings is 2. The summed E-state index contributed by atoms with van der Waals surface area (Å²) in [6, 6.07) is 11.0. The van der Waals surface area contributed by atoms with Crippen LogP contribution in [0.3, 0.4) is 0 Å². The molecule has 3 amide bonds. The van der Waals surface area contributed by atoms with Crippen LogP contribution < -0.4 is 15.4 Å². The number of halogens is 1. The number of Topliss-reactive ketones (excluding diaryl/α,β-unsaturated/α-hetero) is 1. The third-order valence-electron chi connectivity index (χ3n) is 3.01. The van der Waals surface area contributed by atoms with Crippen molar-refractivity contribution in [1.29, 1.82) is 0 Å². The van der Waals surface area contributed by atoms with Crippen molar-refractivity contribution in [3.8, 4) is 5.75 Å². The fourth-order valence-corrected chi connectivity index (χ4v) is 1.81. The van der Waals surface area contributed by atoms with Crippen molar-refractivity contribution in [3.63, 3.8) is 0 Å². The Morgan fingerprint density at radius 1 is 1.04 bits per heavy atom. The van der Waals surface area contributed by atoms with E-state index in [1.807, 2.05) is 5.32 Å². The molecule has 0 unspecified atom stereocenters. The van der Waals surface area contributed by atoms with Gasteiger partial charge in [0.25, 0.3) is 5.91 Å². The highest BCUT2D eigenvalue weighted by molar-refractivity contribution is 6.01. The zero-order chi connectivity index (χ0) is 17.5. The number of hydrogen-bond acceptors (Lipinski definition) is 4. The SMILES string of the molecule is CC(=O)c1ccc(OCC(=O)NC(=O)Nc2ccccc2F)cc1. The lowest BCUT2D eigenvalue weighted by Gasteiger charge is -2.09. The van der Waals surface area contributed by atoms with Crippen molar-refractivity contribution in [2.75, 3.05) is 11.9 Å². The smallest absolute Gasteiger partial charge is 0.326 e. The van der Waals surface area contributed by atoms with Crippen LogP contribution >= 0.6 is 0 Å². The van der Waals surface area contributed by atoms with Crippen molar-refractivity contribution in [1.82, 2.24) is 5.32 Å². The predicted octanol–water partition coefficient (Wildman–Crippen LogP) is 2.76. The summed E-state index contributed by atoms with van der Waals surface area (Å²) in [7, 11) is 0. The number of rotatable bonds is 5. The van der Waals surface area contributed by atoms with E-state index in [4.69, 9.17) is 4.74 Å². The maximum atomic E-state index is 13.4. The Bertz CT molecular complexity index is 759. The van der Waals surface area contributed by atoms with Gasteiger partial charge in [0.1, 0.15) is 11.6 Å². The summed E-state index contributed by atoms with van der Waals surface area (Å²) in [6.07, 6.45) is 0. The molecule has 2 rings (SSSR count). The highest BCUT2D eigenvalue weighted by Gasteiger charge is 2.10. The number of para-hydroxylation sites is 1. The summed E-state index contributed by atoms with van der Waals surface area (Å²) in [5.41, 5.74) is 0.486. The molecule has 0 aliphatic carbocycles. The van der Waals surface area contributed by atoms with E-state index in [0.717, 1.165) is 0 Å². The quantitative estimate of drug-likeness (QED) is 0.826. The number of imide groups is 1. The molecule has 124 valence electrons. The molecule has 2 aromatic rings. The van der Waals surface area contributed by atoms with Gasteiger partial charge in [-0.1, -0.05) is 12.1 Å². The van der Waals surface area contributed by atoms with Crippen LogP contribution in [0.5, 0.6) is 5.75 Å². The lowest BCUT2D eigenvalue weighted by atomic mass is 10.1. The van der Waals surface area contributed by atoms with Gasteiger partial charge in [-0.05, 0) is 43.3 Å². The molecule has 2 N–H and O–H groups in total. The van der Waals surface area contributed by atoms with E-state index in [1.165, 1.54) is 25.1 Å². The number of hydrogen-bond donors (Lipinski definition) is 2. The minimum absolute atomic E-state index is 0.0384. The Kier molecular flexibility index (Phi) is 5.62. The van der Waals surface area contributed by atoms with E-state index < -0.39 is 24.4 Å². The number of ether oxygens (including phenoxy) is 1. The van der Waals surface area contributed by atoms with Gasteiger partial charge in [0.2, 0.25) is 0 Å². The molecule has 0 aromatic heterocycles. The zero-order valence-corrected chi connectivity index (χ0v) is 12.8. The standard InChI is InChI=1S/C17H15FN2O4/c1-11(21)12-6-8-13(9-7-12)24-10-16(22)20-17(23)19-15-5-3-2-4-14(15)18/h2-9H,10H2,1H3,(H2,19,20,22,23). The van der Waals surface area contributed by atoms with Crippen molar-refractivity contribution in [2.24, 2.45) is 0 Å². The normalized spacial score (nSPS) is 9.92. The van der Waals surface area contributed by atoms with Gasteiger partial charge in [-0.25, -0.2) is 9.18 Å². The van der Waals surface area contributed by atoms with Gasteiger partial charge in [-0.2, -0.15) is 0 Å². The lowest BCUT2D eigenvalue weighted by Crippen LogP contribution is -2.37. The second kappa shape index (κ2) is 7.87. The number of nitrogens with one attached hydrogen (secondary N) is 2. The van der Waals surface area contributed by atoms with Crippen LogP contribution in [-0.4, -0.2) is 24.3 Å². The predicted molar refractivity (Wildman–Crippen MR) is 85.5 cm³/mol. The third-order valence-corrected chi connectivity index (χ3v) is 3.01. The molecule has 0 spiro atoms. The maximum Gasteiger partial charge on any atom is 0.326 e. The average molecular weight is 330 g/mol. The number of ketones is 1. The van der Waals surface area contributed by atoms with E-state index in [2.05, 4.69) is 5.32 Å². The van der Waals surface area contributed by atoms with Crippen LogP contribution in [0.1, 0.15) is 17.3 Å². The van der Waals surface area contributed by atoms with Crippen LogP contribution in [0, 0.1) is 5.82 Å². The molecule has 0 saturated heterocycles. The Morgan fingerprint density at radius 3 is 2.33 bits per heavy atom. The van der Waals surface area contributed by atoms with Crippen LogP contribution in [0.4, 0.5) is 14.9 Å². The molecule has 0 aliphatic heterocycles. The summed E-state index contributed by atoms with van der Waals surface area (Å²) >= 11 is 0. The molecule has 0 saturated carbocycles. The highest BCUT2D eigenvalue weighted by atomic mass is 19.1. The summed E-state index contributed by atoms with van der Waals surface area (Å²) in [5, 5.41) is 4.24. The topological polar surface area (TPSA) is 84.5 Å². The molecule has 0 radical (unpaired) electrons. The van der Waals surface area contributed by atoms with Crippen molar-refractivity contribution >= 4 is 23.4 Å². The molecule has 7 heteroatoms. The second-order valence-corrected chi connectivity index (χ2v) is 4.85. The summed E-state index contributed by atoms with van der Waals surface area (Å²) in [4.78, 5) is 34.4. The molecule has 24 heavy (non-hydrogen) atoms. The Hall–Kier alpha value is -3.22. The molecule has 0 bridgehead atoms. The van der Waals surface area contributed by atoms with Crippen molar-refractivity contribution < 1.29 is 23.5 Å². The minimum Gasteiger partial charge on any atom is -0.484 e. The molecule has 6 nitrogen and oxygen atoms in total. The third kappa shape index (κ3) is 4.91. The highest BCUT2D eigenvalue weighted by Crippen LogP contribution is 2.13. The zero-order valence-electron chi connectivity index (χ0n) is 12.8. The largest absolute Gasteiger partial charge is 0.484 e. The van der Waals surface area contributed by atoms with Crippen molar-refractivity contribution in [2.45, 2.75) is 6.92 Å². The van der Waals surface area contributed by atoms with E-state index in [0.29, 0.717) is 11.3 Å². The number of carbonyl (C=O) groups excluding carboxylic acids is 3. The van der Waals surface area contributed by atoms with E-state index in [-0.39, 0.29) is 11.5 Å². The molecule has 0 heterocycles. The first-order valence-corrected chi connectivity index (χ1v) is 7.05. The fraction of sp³-hybridized carbons (Fsp3) is 0.118. The van der Waals surface area contributed by atoms with E-state index in [9.17, 15) is 18.8 Å². The summed E-state index contributed by atoms with van der Waals surface area (Å²) in [5.74, 6) is -1.00. The molecule has 0 atom stereocenters. The number of anilines is 1. The van der Waals surface area contributed by atoms with Crippen LogP contribution in [0.25, 0.3) is 0 Å². The van der Waals surface area contributed by atoms with Crippen molar-refractivity contribution in [3.05, 3.63) is 59.9 Å². The number of carbonyl (C=O) groups is 3. The van der Waals surface area contributed by atoms with Gasteiger partial charge in [-0.15, -0.1) is 0 Å². The maximum absolute atomic E-state index is 13.4. The van der Waals surface area contributed by atoms with E-state index >= 15 is 0 Å². The first-order chi connectivity index (χ1) is 11.5. The first kappa shape index (κ1) is 17.1. The minimum atomic E-state index is -0.861. The Morgan fingerprint density at radius 2 is 1.71 bits per heavy atom. The number of amides is 3. The van der Waals surface area contributed by atoms with Gasteiger partial charge in [0, 0.05) is 5.56 Å². The Labute approximate surface area is 137 Å². The summed E-state index contributed by atoms with van der Waals surface area (Å²) < 4.78 is 18.6. The molecule has 0 aliphatic rings. The van der Waals surface area contributed by atoms with E-state index in [1.54, 1.807) is 30.3 Å². The van der Waals surface area contributed by atoms with Gasteiger partial charge in [-0.3, -0.25) is 14.9 Å². The lowest BCUT2D eigenvalue weighted by molar-refractivity contribution is -0.121. The average Bonchev–Trinajstić information content (AvgIpc) is 2.55. The second-order valence-electron chi connectivity index (χ2n) is 4.85. The summed E-state index contributed by atoms with van der Waals surface area (Å²) in [6.45, 7) is 1.04. The number of urea groups is 1. The van der Waals surface area contributed by atoms with Crippen LogP contribution in [0.2, 0.25) is 0 Å². The molecule has 0 fully saturated rings. The first-order valence-electron chi connectivity index (χ1n) is 7.05. The van der Waals surface area contributed by atoms with Gasteiger partial charge < -0.3 is 10.1 Å². The van der Waals surface area contributed by atoms with Crippen LogP contribution in [-0.2, 0) is 4.79 Å². The molecule has 2 aromatic carbocycles. The van der Waals surface area contributed by atoms with Gasteiger partial charge in [0.05, 0.1) is 5.69 Å². The van der Waals surface area contributed by atoms with Gasteiger partial charge in [0.15, 0.2) is 12.4 Å². The Balaban J connectivity index is 1.81. The van der Waals surface area contributed by atoms with Gasteiger partial charge >= 0.3 is 6.03 Å². The molecular weight excluding hydrogens is 315 g/mol. The monoisotopic (exact) mass is 330 g/mol.